The Morgan fingerprint density at radius 1 is 1.35 bits per heavy atom. The van der Waals surface area contributed by atoms with E-state index in [0.717, 1.165) is 6.07 Å². The summed E-state index contributed by atoms with van der Waals surface area (Å²) in [6.07, 6.45) is -4.35. The maximum atomic E-state index is 12.8. The third-order valence-corrected chi connectivity index (χ3v) is 2.45. The smallest absolute Gasteiger partial charge is 0.298 e. The highest BCUT2D eigenvalue weighted by molar-refractivity contribution is 5.96. The van der Waals surface area contributed by atoms with E-state index in [0.29, 0.717) is 0 Å². The number of carbonyl (C=O) groups is 2. The maximum Gasteiger partial charge on any atom is 0.417 e. The molecule has 0 spiro atoms. The Kier molecular flexibility index (Phi) is 3.70. The highest BCUT2D eigenvalue weighted by Gasteiger charge is 2.36. The second kappa shape index (κ2) is 4.69. The van der Waals surface area contributed by atoms with Gasteiger partial charge < -0.3 is 0 Å². The summed E-state index contributed by atoms with van der Waals surface area (Å²) in [4.78, 5) is 21.9. The van der Waals surface area contributed by atoms with Crippen molar-refractivity contribution in [1.82, 2.24) is 0 Å². The Labute approximate surface area is 96.4 Å². The lowest BCUT2D eigenvalue weighted by atomic mass is 9.95. The van der Waals surface area contributed by atoms with Gasteiger partial charge >= 0.3 is 6.18 Å². The van der Waals surface area contributed by atoms with Crippen LogP contribution in [-0.2, 0) is 12.6 Å². The van der Waals surface area contributed by atoms with Gasteiger partial charge in [-0.3, -0.25) is 9.59 Å². The predicted molar refractivity (Wildman–Crippen MR) is 56.2 cm³/mol. The van der Waals surface area contributed by atoms with Crippen molar-refractivity contribution in [2.45, 2.75) is 26.4 Å². The third kappa shape index (κ3) is 2.72. The Hall–Kier alpha value is -1.65. The van der Waals surface area contributed by atoms with Gasteiger partial charge in [0.05, 0.1) is 5.56 Å². The quantitative estimate of drug-likeness (QED) is 0.604. The van der Waals surface area contributed by atoms with Crippen LogP contribution < -0.4 is 0 Å². The van der Waals surface area contributed by atoms with Crippen LogP contribution in [-0.4, -0.2) is 12.1 Å². The first kappa shape index (κ1) is 13.4. The molecule has 5 heteroatoms. The summed E-state index contributed by atoms with van der Waals surface area (Å²) in [6.45, 7) is 2.79. The molecule has 0 radical (unpaired) electrons. The summed E-state index contributed by atoms with van der Waals surface area (Å²) in [7, 11) is 0. The lowest BCUT2D eigenvalue weighted by Gasteiger charge is -2.15. The zero-order chi connectivity index (χ0) is 13.2. The van der Waals surface area contributed by atoms with E-state index in [2.05, 4.69) is 0 Å². The minimum absolute atomic E-state index is 0.0349. The van der Waals surface area contributed by atoms with E-state index in [1.54, 1.807) is 6.92 Å². The molecule has 1 rings (SSSR count). The van der Waals surface area contributed by atoms with Crippen molar-refractivity contribution >= 4 is 12.1 Å². The molecule has 0 atom stereocenters. The number of aryl methyl sites for hydroxylation is 1. The fourth-order valence-electron chi connectivity index (χ4n) is 1.65. The molecule has 0 aliphatic carbocycles. The van der Waals surface area contributed by atoms with E-state index in [4.69, 9.17) is 0 Å². The summed E-state index contributed by atoms with van der Waals surface area (Å²) >= 11 is 0. The second-order valence-electron chi connectivity index (χ2n) is 3.62. The van der Waals surface area contributed by atoms with Crippen molar-refractivity contribution in [2.24, 2.45) is 0 Å². The topological polar surface area (TPSA) is 34.1 Å². The van der Waals surface area contributed by atoms with Gasteiger partial charge in [0.15, 0.2) is 12.1 Å². The van der Waals surface area contributed by atoms with Crippen molar-refractivity contribution in [3.05, 3.63) is 34.4 Å². The minimum atomic E-state index is -4.59. The van der Waals surface area contributed by atoms with Crippen LogP contribution in [0.3, 0.4) is 0 Å². The van der Waals surface area contributed by atoms with Crippen LogP contribution in [0.2, 0.25) is 0 Å². The Morgan fingerprint density at radius 2 is 1.94 bits per heavy atom. The molecule has 0 fully saturated rings. The average molecular weight is 244 g/mol. The van der Waals surface area contributed by atoms with Crippen molar-refractivity contribution < 1.29 is 22.8 Å². The van der Waals surface area contributed by atoms with Crippen molar-refractivity contribution in [2.75, 3.05) is 0 Å². The fourth-order valence-corrected chi connectivity index (χ4v) is 1.65. The standard InChI is InChI=1S/C12H11F3O2/c1-3-8-4-9(7(2)17)5-10(6-16)11(8)12(13,14)15/h4-6H,3H2,1-2H3. The summed E-state index contributed by atoms with van der Waals surface area (Å²) in [6, 6.07) is 2.18. The number of ketones is 1. The normalized spacial score (nSPS) is 11.4. The summed E-state index contributed by atoms with van der Waals surface area (Å²) in [5, 5.41) is 0. The molecule has 1 aromatic carbocycles. The zero-order valence-corrected chi connectivity index (χ0v) is 9.39. The number of halogens is 3. The van der Waals surface area contributed by atoms with E-state index in [9.17, 15) is 22.8 Å². The van der Waals surface area contributed by atoms with E-state index < -0.39 is 17.3 Å². The van der Waals surface area contributed by atoms with E-state index in [1.165, 1.54) is 13.0 Å². The maximum absolute atomic E-state index is 12.8. The van der Waals surface area contributed by atoms with Gasteiger partial charge in [-0.15, -0.1) is 0 Å². The monoisotopic (exact) mass is 244 g/mol. The van der Waals surface area contributed by atoms with Gasteiger partial charge in [-0.25, -0.2) is 0 Å². The van der Waals surface area contributed by atoms with Gasteiger partial charge in [-0.05, 0) is 31.0 Å². The van der Waals surface area contributed by atoms with Crippen LogP contribution >= 0.6 is 0 Å². The average Bonchev–Trinajstić information content (AvgIpc) is 2.25. The Balaban J connectivity index is 3.59. The van der Waals surface area contributed by atoms with Crippen LogP contribution in [0.5, 0.6) is 0 Å². The van der Waals surface area contributed by atoms with Gasteiger partial charge in [0.1, 0.15) is 0 Å². The molecule has 0 bridgehead atoms. The zero-order valence-electron chi connectivity index (χ0n) is 9.39. The largest absolute Gasteiger partial charge is 0.417 e. The SMILES string of the molecule is CCc1cc(C(C)=O)cc(C=O)c1C(F)(F)F. The molecule has 1 aromatic rings. The van der Waals surface area contributed by atoms with Crippen molar-refractivity contribution in [3.63, 3.8) is 0 Å². The lowest BCUT2D eigenvalue weighted by molar-refractivity contribution is -0.138. The first-order valence-electron chi connectivity index (χ1n) is 5.01. The number of aldehydes is 1. The van der Waals surface area contributed by atoms with Crippen LogP contribution in [0.1, 0.15) is 45.7 Å². The molecular weight excluding hydrogens is 233 g/mol. The molecule has 92 valence electrons. The van der Waals surface area contributed by atoms with Gasteiger partial charge in [-0.2, -0.15) is 13.2 Å². The molecule has 0 aliphatic heterocycles. The molecule has 0 aromatic heterocycles. The van der Waals surface area contributed by atoms with Gasteiger partial charge in [0.2, 0.25) is 0 Å². The molecule has 0 aliphatic rings. The molecule has 17 heavy (non-hydrogen) atoms. The molecule has 0 saturated carbocycles. The Bertz CT molecular complexity index is 462. The lowest BCUT2D eigenvalue weighted by Crippen LogP contribution is -2.14. The number of benzene rings is 1. The number of rotatable bonds is 3. The molecule has 0 unspecified atom stereocenters. The van der Waals surface area contributed by atoms with Crippen molar-refractivity contribution in [3.8, 4) is 0 Å². The Morgan fingerprint density at radius 3 is 2.29 bits per heavy atom. The van der Waals surface area contributed by atoms with Crippen molar-refractivity contribution in [1.29, 1.82) is 0 Å². The van der Waals surface area contributed by atoms with Gasteiger partial charge in [0, 0.05) is 11.1 Å². The summed E-state index contributed by atoms with van der Waals surface area (Å²) in [5.74, 6) is -0.364. The number of carbonyl (C=O) groups excluding carboxylic acids is 2. The third-order valence-electron chi connectivity index (χ3n) is 2.45. The number of alkyl halides is 3. The highest BCUT2D eigenvalue weighted by Crippen LogP contribution is 2.35. The fraction of sp³-hybridized carbons (Fsp3) is 0.333. The molecule has 0 heterocycles. The van der Waals surface area contributed by atoms with Crippen LogP contribution in [0.15, 0.2) is 12.1 Å². The molecule has 0 amide bonds. The first-order chi connectivity index (χ1) is 7.81. The van der Waals surface area contributed by atoms with E-state index >= 15 is 0 Å². The minimum Gasteiger partial charge on any atom is -0.298 e. The summed E-state index contributed by atoms with van der Waals surface area (Å²) in [5.41, 5.74) is -1.34. The highest BCUT2D eigenvalue weighted by atomic mass is 19.4. The number of hydrogen-bond donors (Lipinski definition) is 0. The molecule has 0 N–H and O–H groups in total. The second-order valence-corrected chi connectivity index (χ2v) is 3.62. The predicted octanol–water partition coefficient (Wildman–Crippen LogP) is 3.28. The summed E-state index contributed by atoms with van der Waals surface area (Å²) < 4.78 is 38.3. The van der Waals surface area contributed by atoms with Crippen LogP contribution in [0.25, 0.3) is 0 Å². The van der Waals surface area contributed by atoms with E-state index in [-0.39, 0.29) is 29.6 Å². The van der Waals surface area contributed by atoms with Gasteiger partial charge in [0.25, 0.3) is 0 Å². The van der Waals surface area contributed by atoms with Gasteiger partial charge in [-0.1, -0.05) is 6.92 Å². The molecule has 2 nitrogen and oxygen atoms in total. The molecule has 0 saturated heterocycles. The molecular formula is C12H11F3O2. The first-order valence-corrected chi connectivity index (χ1v) is 5.01. The van der Waals surface area contributed by atoms with E-state index in [1.807, 2.05) is 0 Å². The number of hydrogen-bond acceptors (Lipinski definition) is 2. The van der Waals surface area contributed by atoms with Crippen LogP contribution in [0, 0.1) is 0 Å². The number of Topliss-reactive ketones (excluding diaryl/α,β-unsaturated/α-hetero) is 1. The van der Waals surface area contributed by atoms with Crippen LogP contribution in [0.4, 0.5) is 13.2 Å².